The van der Waals surface area contributed by atoms with Crippen LogP contribution in [0.25, 0.3) is 0 Å². The molecule has 2 heterocycles. The van der Waals surface area contributed by atoms with Crippen LogP contribution in [0.15, 0.2) is 23.7 Å². The van der Waals surface area contributed by atoms with Crippen LogP contribution < -0.4 is 5.32 Å². The molecule has 0 amide bonds. The minimum Gasteiger partial charge on any atom is -0.362 e. The van der Waals surface area contributed by atoms with Crippen molar-refractivity contribution < 1.29 is 4.39 Å². The van der Waals surface area contributed by atoms with E-state index in [2.05, 4.69) is 22.2 Å². The number of nitrogens with one attached hydrogen (secondary N) is 1. The average Bonchev–Trinajstić information content (AvgIpc) is 2.76. The van der Waals surface area contributed by atoms with Crippen LogP contribution in [0.1, 0.15) is 17.6 Å². The quantitative estimate of drug-likeness (QED) is 0.888. The van der Waals surface area contributed by atoms with Gasteiger partial charge in [-0.3, -0.25) is 0 Å². The van der Waals surface area contributed by atoms with E-state index < -0.39 is 0 Å². The predicted octanol–water partition coefficient (Wildman–Crippen LogP) is 2.85. The molecule has 16 heavy (non-hydrogen) atoms. The first-order chi connectivity index (χ1) is 7.79. The highest BCUT2D eigenvalue weighted by Crippen LogP contribution is 2.13. The van der Waals surface area contributed by atoms with Crippen LogP contribution in [-0.2, 0) is 13.0 Å². The van der Waals surface area contributed by atoms with Gasteiger partial charge in [-0.2, -0.15) is 0 Å². The molecule has 0 unspecified atom stereocenters. The molecule has 0 saturated carbocycles. The number of nitrogens with zero attached hydrogens (tertiary/aromatic N) is 2. The average molecular weight is 237 g/mol. The van der Waals surface area contributed by atoms with Crippen molar-refractivity contribution in [1.82, 2.24) is 9.97 Å². The molecule has 0 aromatic carbocycles. The lowest BCUT2D eigenvalue weighted by molar-refractivity contribution is 0.624. The molecule has 84 valence electrons. The standard InChI is InChI=1S/C11H12FN3S/c1-2-10-15-8(7-16-10)6-14-11-9(12)4-3-5-13-11/h3-5,7H,2,6H2,1H3,(H,13,14). The topological polar surface area (TPSA) is 37.8 Å². The molecule has 0 aliphatic heterocycles. The molecule has 0 radical (unpaired) electrons. The molecular weight excluding hydrogens is 225 g/mol. The number of rotatable bonds is 4. The lowest BCUT2D eigenvalue weighted by atomic mass is 10.4. The Morgan fingerprint density at radius 3 is 3.06 bits per heavy atom. The summed E-state index contributed by atoms with van der Waals surface area (Å²) in [4.78, 5) is 8.29. The Morgan fingerprint density at radius 2 is 2.38 bits per heavy atom. The fourth-order valence-corrected chi connectivity index (χ4v) is 2.03. The van der Waals surface area contributed by atoms with Crippen LogP contribution in [0.2, 0.25) is 0 Å². The van der Waals surface area contributed by atoms with Crippen molar-refractivity contribution >= 4 is 17.2 Å². The number of aryl methyl sites for hydroxylation is 1. The van der Waals surface area contributed by atoms with Gasteiger partial charge in [0.05, 0.1) is 17.2 Å². The molecule has 0 aliphatic rings. The van der Waals surface area contributed by atoms with Crippen molar-refractivity contribution in [3.63, 3.8) is 0 Å². The van der Waals surface area contributed by atoms with Gasteiger partial charge in [0.15, 0.2) is 11.6 Å². The third-order valence-corrected chi connectivity index (χ3v) is 3.14. The summed E-state index contributed by atoms with van der Waals surface area (Å²) in [6.07, 6.45) is 2.49. The van der Waals surface area contributed by atoms with Gasteiger partial charge in [0.2, 0.25) is 0 Å². The van der Waals surface area contributed by atoms with E-state index in [1.54, 1.807) is 23.6 Å². The zero-order chi connectivity index (χ0) is 11.4. The summed E-state index contributed by atoms with van der Waals surface area (Å²) in [6, 6.07) is 2.95. The summed E-state index contributed by atoms with van der Waals surface area (Å²) >= 11 is 1.62. The molecule has 5 heteroatoms. The maximum Gasteiger partial charge on any atom is 0.165 e. The number of pyridine rings is 1. The zero-order valence-corrected chi connectivity index (χ0v) is 9.72. The van der Waals surface area contributed by atoms with Gasteiger partial charge in [0.1, 0.15) is 0 Å². The highest BCUT2D eigenvalue weighted by Gasteiger charge is 2.03. The number of hydrogen-bond acceptors (Lipinski definition) is 4. The summed E-state index contributed by atoms with van der Waals surface area (Å²) in [5.41, 5.74) is 0.923. The van der Waals surface area contributed by atoms with E-state index in [9.17, 15) is 4.39 Å². The maximum atomic E-state index is 13.2. The van der Waals surface area contributed by atoms with Crippen LogP contribution in [-0.4, -0.2) is 9.97 Å². The summed E-state index contributed by atoms with van der Waals surface area (Å²) in [6.45, 7) is 2.57. The maximum absolute atomic E-state index is 13.2. The lowest BCUT2D eigenvalue weighted by Gasteiger charge is -2.03. The van der Waals surface area contributed by atoms with E-state index in [1.165, 1.54) is 6.07 Å². The van der Waals surface area contributed by atoms with E-state index in [-0.39, 0.29) is 11.6 Å². The smallest absolute Gasteiger partial charge is 0.165 e. The monoisotopic (exact) mass is 237 g/mol. The molecule has 2 aromatic rings. The van der Waals surface area contributed by atoms with Crippen molar-refractivity contribution in [2.45, 2.75) is 19.9 Å². The van der Waals surface area contributed by atoms with E-state index >= 15 is 0 Å². The Morgan fingerprint density at radius 1 is 1.50 bits per heavy atom. The molecule has 0 fully saturated rings. The van der Waals surface area contributed by atoms with E-state index in [1.807, 2.05) is 5.38 Å². The number of thiazole rings is 1. The van der Waals surface area contributed by atoms with Gasteiger partial charge >= 0.3 is 0 Å². The second-order valence-corrected chi connectivity index (χ2v) is 4.22. The Bertz CT molecular complexity index is 470. The summed E-state index contributed by atoms with van der Waals surface area (Å²) in [5.74, 6) is -0.0676. The van der Waals surface area contributed by atoms with Crippen molar-refractivity contribution in [3.8, 4) is 0 Å². The highest BCUT2D eigenvalue weighted by molar-refractivity contribution is 7.09. The van der Waals surface area contributed by atoms with Crippen molar-refractivity contribution in [3.05, 3.63) is 40.2 Å². The van der Waals surface area contributed by atoms with Gasteiger partial charge in [-0.25, -0.2) is 14.4 Å². The third-order valence-electron chi connectivity index (χ3n) is 2.10. The van der Waals surface area contributed by atoms with Gasteiger partial charge < -0.3 is 5.32 Å². The van der Waals surface area contributed by atoms with Gasteiger partial charge in [0.25, 0.3) is 0 Å². The van der Waals surface area contributed by atoms with Crippen LogP contribution in [0.4, 0.5) is 10.2 Å². The molecule has 0 atom stereocenters. The Kier molecular flexibility index (Phi) is 3.46. The second-order valence-electron chi connectivity index (χ2n) is 3.27. The molecule has 1 N–H and O–H groups in total. The molecule has 0 spiro atoms. The molecule has 2 rings (SSSR count). The van der Waals surface area contributed by atoms with Crippen molar-refractivity contribution in [2.24, 2.45) is 0 Å². The van der Waals surface area contributed by atoms with Gasteiger partial charge in [-0.05, 0) is 18.6 Å². The van der Waals surface area contributed by atoms with Crippen LogP contribution >= 0.6 is 11.3 Å². The van der Waals surface area contributed by atoms with E-state index in [0.717, 1.165) is 17.1 Å². The van der Waals surface area contributed by atoms with Crippen molar-refractivity contribution in [2.75, 3.05) is 5.32 Å². The van der Waals surface area contributed by atoms with Crippen molar-refractivity contribution in [1.29, 1.82) is 0 Å². The first kappa shape index (κ1) is 11.0. The Labute approximate surface area is 97.4 Å². The third kappa shape index (κ3) is 2.55. The second kappa shape index (κ2) is 5.03. The largest absolute Gasteiger partial charge is 0.362 e. The van der Waals surface area contributed by atoms with E-state index in [0.29, 0.717) is 6.54 Å². The molecule has 0 bridgehead atoms. The fraction of sp³-hybridized carbons (Fsp3) is 0.273. The fourth-order valence-electron chi connectivity index (χ4n) is 1.28. The summed E-state index contributed by atoms with van der Waals surface area (Å²) in [5, 5.41) is 6.00. The first-order valence-electron chi connectivity index (χ1n) is 5.07. The first-order valence-corrected chi connectivity index (χ1v) is 5.95. The van der Waals surface area contributed by atoms with Crippen LogP contribution in [0.3, 0.4) is 0 Å². The summed E-state index contributed by atoms with van der Waals surface area (Å²) < 4.78 is 13.2. The van der Waals surface area contributed by atoms with E-state index in [4.69, 9.17) is 0 Å². The predicted molar refractivity (Wildman–Crippen MR) is 63.0 cm³/mol. The highest BCUT2D eigenvalue weighted by atomic mass is 32.1. The SMILES string of the molecule is CCc1nc(CNc2ncccc2F)cs1. The molecule has 2 aromatic heterocycles. The molecular formula is C11H12FN3S. The zero-order valence-electron chi connectivity index (χ0n) is 8.90. The molecule has 0 aliphatic carbocycles. The Balaban J connectivity index is 1.99. The Hall–Kier alpha value is -1.49. The number of halogens is 1. The number of hydrogen-bond donors (Lipinski definition) is 1. The van der Waals surface area contributed by atoms with Gasteiger partial charge in [-0.15, -0.1) is 11.3 Å². The molecule has 0 saturated heterocycles. The van der Waals surface area contributed by atoms with Crippen LogP contribution in [0.5, 0.6) is 0 Å². The number of aromatic nitrogens is 2. The summed E-state index contributed by atoms with van der Waals surface area (Å²) in [7, 11) is 0. The normalized spacial score (nSPS) is 10.4. The molecule has 3 nitrogen and oxygen atoms in total. The van der Waals surface area contributed by atoms with Gasteiger partial charge in [0, 0.05) is 11.6 Å². The minimum absolute atomic E-state index is 0.272. The van der Waals surface area contributed by atoms with Crippen LogP contribution in [0, 0.1) is 5.82 Å². The number of anilines is 1. The minimum atomic E-state index is -0.339. The van der Waals surface area contributed by atoms with Gasteiger partial charge in [-0.1, -0.05) is 6.92 Å². The lowest BCUT2D eigenvalue weighted by Crippen LogP contribution is -2.03.